The SMILES string of the molecule is CCCNc1cccnc1S(=O)(=O)NCCCC(N)=O. The summed E-state index contributed by atoms with van der Waals surface area (Å²) in [5, 5.41) is 2.99. The molecule has 0 aliphatic carbocycles. The Morgan fingerprint density at radius 3 is 2.80 bits per heavy atom. The largest absolute Gasteiger partial charge is 0.383 e. The van der Waals surface area contributed by atoms with Gasteiger partial charge in [-0.1, -0.05) is 6.92 Å². The molecule has 0 unspecified atom stereocenters. The molecule has 0 spiro atoms. The number of hydrogen-bond donors (Lipinski definition) is 3. The molecule has 112 valence electrons. The van der Waals surface area contributed by atoms with Gasteiger partial charge in [-0.05, 0) is 25.0 Å². The third-order valence-corrected chi connectivity index (χ3v) is 3.90. The van der Waals surface area contributed by atoms with Crippen LogP contribution in [0.15, 0.2) is 23.4 Å². The maximum absolute atomic E-state index is 12.1. The van der Waals surface area contributed by atoms with Crippen LogP contribution in [0, 0.1) is 0 Å². The lowest BCUT2D eigenvalue weighted by Gasteiger charge is -2.11. The number of nitrogens with one attached hydrogen (secondary N) is 2. The second-order valence-electron chi connectivity index (χ2n) is 4.25. The molecule has 0 saturated carbocycles. The van der Waals surface area contributed by atoms with E-state index in [0.29, 0.717) is 18.7 Å². The average molecular weight is 300 g/mol. The van der Waals surface area contributed by atoms with Crippen molar-refractivity contribution in [3.8, 4) is 0 Å². The van der Waals surface area contributed by atoms with Crippen LogP contribution < -0.4 is 15.8 Å². The average Bonchev–Trinajstić information content (AvgIpc) is 2.41. The first-order chi connectivity index (χ1) is 9.47. The quantitative estimate of drug-likeness (QED) is 0.573. The van der Waals surface area contributed by atoms with Crippen LogP contribution in [0.3, 0.4) is 0 Å². The number of carbonyl (C=O) groups is 1. The van der Waals surface area contributed by atoms with E-state index in [9.17, 15) is 13.2 Å². The number of nitrogens with two attached hydrogens (primary N) is 1. The summed E-state index contributed by atoms with van der Waals surface area (Å²) in [4.78, 5) is 14.5. The molecule has 0 aliphatic rings. The van der Waals surface area contributed by atoms with Crippen molar-refractivity contribution in [2.75, 3.05) is 18.4 Å². The first-order valence-electron chi connectivity index (χ1n) is 6.44. The van der Waals surface area contributed by atoms with Crippen molar-refractivity contribution < 1.29 is 13.2 Å². The molecule has 8 heteroatoms. The monoisotopic (exact) mass is 300 g/mol. The highest BCUT2D eigenvalue weighted by Gasteiger charge is 2.19. The summed E-state index contributed by atoms with van der Waals surface area (Å²) in [7, 11) is -3.70. The number of hydrogen-bond acceptors (Lipinski definition) is 5. The van der Waals surface area contributed by atoms with E-state index in [1.54, 1.807) is 12.1 Å². The molecule has 0 aliphatic heterocycles. The Labute approximate surface area is 119 Å². The van der Waals surface area contributed by atoms with Gasteiger partial charge < -0.3 is 11.1 Å². The third-order valence-electron chi connectivity index (χ3n) is 2.48. The zero-order valence-electron chi connectivity index (χ0n) is 11.4. The predicted octanol–water partition coefficient (Wildman–Crippen LogP) is 0.447. The Morgan fingerprint density at radius 2 is 2.15 bits per heavy atom. The van der Waals surface area contributed by atoms with Crippen molar-refractivity contribution in [2.24, 2.45) is 5.73 Å². The first kappa shape index (κ1) is 16.4. The minimum absolute atomic E-state index is 0.0347. The third kappa shape index (κ3) is 5.14. The van der Waals surface area contributed by atoms with Crippen molar-refractivity contribution >= 4 is 21.6 Å². The van der Waals surface area contributed by atoms with Crippen molar-refractivity contribution in [2.45, 2.75) is 31.2 Å². The summed E-state index contributed by atoms with van der Waals surface area (Å²) in [6, 6.07) is 3.34. The van der Waals surface area contributed by atoms with Gasteiger partial charge in [-0.15, -0.1) is 0 Å². The van der Waals surface area contributed by atoms with E-state index in [2.05, 4.69) is 15.0 Å². The Morgan fingerprint density at radius 1 is 1.40 bits per heavy atom. The minimum Gasteiger partial charge on any atom is -0.383 e. The highest BCUT2D eigenvalue weighted by Crippen LogP contribution is 2.17. The van der Waals surface area contributed by atoms with Crippen molar-refractivity contribution in [1.29, 1.82) is 0 Å². The van der Waals surface area contributed by atoms with Gasteiger partial charge in [0.1, 0.15) is 0 Å². The molecule has 1 amide bonds. The maximum Gasteiger partial charge on any atom is 0.260 e. The summed E-state index contributed by atoms with van der Waals surface area (Å²) in [6.07, 6.45) is 2.81. The van der Waals surface area contributed by atoms with E-state index in [0.717, 1.165) is 6.42 Å². The van der Waals surface area contributed by atoms with Gasteiger partial charge in [0, 0.05) is 25.7 Å². The first-order valence-corrected chi connectivity index (χ1v) is 7.92. The van der Waals surface area contributed by atoms with Gasteiger partial charge in [0.2, 0.25) is 5.91 Å². The molecule has 7 nitrogen and oxygen atoms in total. The van der Waals surface area contributed by atoms with Gasteiger partial charge in [0.05, 0.1) is 5.69 Å². The number of sulfonamides is 1. The highest BCUT2D eigenvalue weighted by atomic mass is 32.2. The zero-order chi connectivity index (χ0) is 15.0. The van der Waals surface area contributed by atoms with Crippen LogP contribution in [0.25, 0.3) is 0 Å². The summed E-state index contributed by atoms with van der Waals surface area (Å²) in [5.74, 6) is -0.452. The van der Waals surface area contributed by atoms with Crippen molar-refractivity contribution in [3.63, 3.8) is 0 Å². The molecule has 0 atom stereocenters. The van der Waals surface area contributed by atoms with Gasteiger partial charge in [0.15, 0.2) is 5.03 Å². The minimum atomic E-state index is -3.70. The Balaban J connectivity index is 2.73. The number of rotatable bonds is 9. The van der Waals surface area contributed by atoms with E-state index >= 15 is 0 Å². The molecule has 1 aromatic heterocycles. The number of aromatic nitrogens is 1. The van der Waals surface area contributed by atoms with Gasteiger partial charge in [0.25, 0.3) is 10.0 Å². The molecule has 0 bridgehead atoms. The molecule has 0 fully saturated rings. The molecular formula is C12H20N4O3S. The van der Waals surface area contributed by atoms with E-state index < -0.39 is 15.9 Å². The van der Waals surface area contributed by atoms with Gasteiger partial charge in [-0.3, -0.25) is 4.79 Å². The van der Waals surface area contributed by atoms with Crippen LogP contribution in [-0.4, -0.2) is 32.4 Å². The van der Waals surface area contributed by atoms with E-state index in [1.165, 1.54) is 6.20 Å². The fourth-order valence-corrected chi connectivity index (χ4v) is 2.72. The second kappa shape index (κ2) is 7.81. The maximum atomic E-state index is 12.1. The zero-order valence-corrected chi connectivity index (χ0v) is 12.2. The Hall–Kier alpha value is -1.67. The summed E-state index contributed by atoms with van der Waals surface area (Å²) in [5.41, 5.74) is 5.46. The molecule has 0 aromatic carbocycles. The molecule has 1 rings (SSSR count). The van der Waals surface area contributed by atoms with Crippen molar-refractivity contribution in [1.82, 2.24) is 9.71 Å². The second-order valence-corrected chi connectivity index (χ2v) is 5.93. The standard InChI is InChI=1S/C12H20N4O3S/c1-2-7-14-10-5-3-8-15-12(10)20(18,19)16-9-4-6-11(13)17/h3,5,8,14,16H,2,4,6-7,9H2,1H3,(H2,13,17). The number of carbonyl (C=O) groups excluding carboxylic acids is 1. The normalized spacial score (nSPS) is 11.2. The lowest BCUT2D eigenvalue weighted by atomic mass is 10.3. The summed E-state index contributed by atoms with van der Waals surface area (Å²) in [6.45, 7) is 2.80. The van der Waals surface area contributed by atoms with E-state index in [-0.39, 0.29) is 18.0 Å². The molecule has 20 heavy (non-hydrogen) atoms. The molecule has 0 radical (unpaired) electrons. The molecular weight excluding hydrogens is 280 g/mol. The molecule has 1 heterocycles. The summed E-state index contributed by atoms with van der Waals surface area (Å²) >= 11 is 0. The van der Waals surface area contributed by atoms with E-state index in [4.69, 9.17) is 5.73 Å². The number of anilines is 1. The van der Waals surface area contributed by atoms with Crippen LogP contribution in [0.5, 0.6) is 0 Å². The van der Waals surface area contributed by atoms with Gasteiger partial charge in [-0.2, -0.15) is 0 Å². The van der Waals surface area contributed by atoms with E-state index in [1.807, 2.05) is 6.92 Å². The fourth-order valence-electron chi connectivity index (χ4n) is 1.54. The molecule has 0 saturated heterocycles. The number of amides is 1. The Kier molecular flexibility index (Phi) is 6.40. The number of nitrogens with zero attached hydrogens (tertiary/aromatic N) is 1. The fraction of sp³-hybridized carbons (Fsp3) is 0.500. The van der Waals surface area contributed by atoms with Crippen molar-refractivity contribution in [3.05, 3.63) is 18.3 Å². The lowest BCUT2D eigenvalue weighted by Crippen LogP contribution is -2.27. The molecule has 1 aromatic rings. The van der Waals surface area contributed by atoms with Crippen LogP contribution in [0.2, 0.25) is 0 Å². The number of primary amides is 1. The highest BCUT2D eigenvalue weighted by molar-refractivity contribution is 7.89. The Bertz CT molecular complexity index is 545. The van der Waals surface area contributed by atoms with Crippen LogP contribution in [-0.2, 0) is 14.8 Å². The molecule has 4 N–H and O–H groups in total. The van der Waals surface area contributed by atoms with Gasteiger partial charge in [-0.25, -0.2) is 18.1 Å². The van der Waals surface area contributed by atoms with Crippen LogP contribution >= 0.6 is 0 Å². The lowest BCUT2D eigenvalue weighted by molar-refractivity contribution is -0.118. The topological polar surface area (TPSA) is 114 Å². The summed E-state index contributed by atoms with van der Waals surface area (Å²) < 4.78 is 26.7. The van der Waals surface area contributed by atoms with Crippen LogP contribution in [0.1, 0.15) is 26.2 Å². The van der Waals surface area contributed by atoms with Gasteiger partial charge >= 0.3 is 0 Å². The number of pyridine rings is 1. The smallest absolute Gasteiger partial charge is 0.260 e. The van der Waals surface area contributed by atoms with Crippen LogP contribution in [0.4, 0.5) is 5.69 Å². The predicted molar refractivity (Wildman–Crippen MR) is 76.6 cm³/mol.